The molecule has 1 aromatic rings. The molecule has 0 aliphatic heterocycles. The molecule has 0 fully saturated rings. The van der Waals surface area contributed by atoms with Crippen LogP contribution >= 0.6 is 0 Å². The van der Waals surface area contributed by atoms with Gasteiger partial charge in [0.1, 0.15) is 5.82 Å². The van der Waals surface area contributed by atoms with Crippen LogP contribution in [-0.2, 0) is 4.79 Å². The molecule has 3 N–H and O–H groups in total. The van der Waals surface area contributed by atoms with Crippen molar-refractivity contribution < 1.29 is 9.18 Å². The van der Waals surface area contributed by atoms with Gasteiger partial charge in [0, 0.05) is 18.0 Å². The summed E-state index contributed by atoms with van der Waals surface area (Å²) in [6.07, 6.45) is 2.08. The van der Waals surface area contributed by atoms with Crippen LogP contribution in [0.3, 0.4) is 0 Å². The van der Waals surface area contributed by atoms with Crippen molar-refractivity contribution >= 4 is 5.91 Å². The molecule has 1 aromatic carbocycles. The molecule has 5 heteroatoms. The lowest BCUT2D eigenvalue weighted by atomic mass is 10.1. The highest BCUT2D eigenvalue weighted by Crippen LogP contribution is 2.21. The maximum atomic E-state index is 13.6. The van der Waals surface area contributed by atoms with Gasteiger partial charge in [-0.1, -0.05) is 18.2 Å². The van der Waals surface area contributed by atoms with E-state index in [0.717, 1.165) is 19.4 Å². The normalized spacial score (nSPS) is 12.5. The molecule has 0 aromatic heterocycles. The van der Waals surface area contributed by atoms with Crippen molar-refractivity contribution in [2.75, 3.05) is 13.6 Å². The molecule has 0 saturated carbocycles. The Bertz CT molecular complexity index is 411. The van der Waals surface area contributed by atoms with Crippen molar-refractivity contribution in [3.05, 3.63) is 35.6 Å². The SMILES string of the molecule is CC(c1ccccc1F)N(C)CCCCC(=O)NN. The molecule has 0 saturated heterocycles. The van der Waals surface area contributed by atoms with E-state index in [4.69, 9.17) is 5.84 Å². The first-order valence-corrected chi connectivity index (χ1v) is 6.50. The van der Waals surface area contributed by atoms with E-state index >= 15 is 0 Å². The summed E-state index contributed by atoms with van der Waals surface area (Å²) in [5.74, 6) is 4.68. The van der Waals surface area contributed by atoms with Crippen LogP contribution in [0.4, 0.5) is 4.39 Å². The number of hydrazine groups is 1. The minimum absolute atomic E-state index is 0.0181. The van der Waals surface area contributed by atoms with Crippen LogP contribution in [0.25, 0.3) is 0 Å². The lowest BCUT2D eigenvalue weighted by Crippen LogP contribution is -2.30. The second-order valence-corrected chi connectivity index (χ2v) is 4.70. The van der Waals surface area contributed by atoms with E-state index in [1.165, 1.54) is 6.07 Å². The first kappa shape index (κ1) is 15.6. The Hall–Kier alpha value is -1.46. The van der Waals surface area contributed by atoms with Crippen LogP contribution in [0, 0.1) is 5.82 Å². The predicted molar refractivity (Wildman–Crippen MR) is 73.6 cm³/mol. The first-order valence-electron chi connectivity index (χ1n) is 6.50. The van der Waals surface area contributed by atoms with E-state index in [9.17, 15) is 9.18 Å². The van der Waals surface area contributed by atoms with Crippen LogP contribution in [0.2, 0.25) is 0 Å². The number of amides is 1. The van der Waals surface area contributed by atoms with Gasteiger partial charge < -0.3 is 0 Å². The molecule has 0 aliphatic rings. The molecule has 1 atom stereocenters. The third kappa shape index (κ3) is 4.96. The zero-order chi connectivity index (χ0) is 14.3. The fraction of sp³-hybridized carbons (Fsp3) is 0.500. The van der Waals surface area contributed by atoms with Crippen molar-refractivity contribution in [2.45, 2.75) is 32.2 Å². The number of rotatable bonds is 7. The highest BCUT2D eigenvalue weighted by atomic mass is 19.1. The number of carbonyl (C=O) groups excluding carboxylic acids is 1. The van der Waals surface area contributed by atoms with Crippen molar-refractivity contribution in [3.8, 4) is 0 Å². The van der Waals surface area contributed by atoms with Gasteiger partial charge in [-0.25, -0.2) is 10.2 Å². The number of nitrogens with one attached hydrogen (secondary N) is 1. The summed E-state index contributed by atoms with van der Waals surface area (Å²) < 4.78 is 13.6. The number of benzene rings is 1. The van der Waals surface area contributed by atoms with Crippen LogP contribution in [-0.4, -0.2) is 24.4 Å². The fourth-order valence-corrected chi connectivity index (χ4v) is 1.96. The fourth-order valence-electron chi connectivity index (χ4n) is 1.96. The molecule has 0 aliphatic carbocycles. The van der Waals surface area contributed by atoms with Crippen LogP contribution in [0.5, 0.6) is 0 Å². The zero-order valence-electron chi connectivity index (χ0n) is 11.5. The van der Waals surface area contributed by atoms with Gasteiger partial charge in [0.2, 0.25) is 5.91 Å². The van der Waals surface area contributed by atoms with Gasteiger partial charge in [-0.2, -0.15) is 0 Å². The molecule has 106 valence electrons. The summed E-state index contributed by atoms with van der Waals surface area (Å²) in [7, 11) is 1.96. The first-order chi connectivity index (χ1) is 9.06. The van der Waals surface area contributed by atoms with E-state index in [2.05, 4.69) is 10.3 Å². The molecule has 1 amide bonds. The molecule has 19 heavy (non-hydrogen) atoms. The van der Waals surface area contributed by atoms with Crippen molar-refractivity contribution in [3.63, 3.8) is 0 Å². The summed E-state index contributed by atoms with van der Waals surface area (Å²) in [6.45, 7) is 2.79. The molecule has 4 nitrogen and oxygen atoms in total. The average molecular weight is 267 g/mol. The van der Waals surface area contributed by atoms with Gasteiger partial charge in [0.15, 0.2) is 0 Å². The summed E-state index contributed by atoms with van der Waals surface area (Å²) in [6, 6.07) is 6.83. The minimum Gasteiger partial charge on any atom is -0.300 e. The smallest absolute Gasteiger partial charge is 0.233 e. The standard InChI is InChI=1S/C14H22FN3O/c1-11(12-7-3-4-8-13(12)15)18(2)10-6-5-9-14(19)17-16/h3-4,7-8,11H,5-6,9-10,16H2,1-2H3,(H,17,19). The van der Waals surface area contributed by atoms with Crippen LogP contribution in [0.1, 0.15) is 37.8 Å². The number of carbonyl (C=O) groups is 1. The predicted octanol–water partition coefficient (Wildman–Crippen LogP) is 1.98. The third-order valence-electron chi connectivity index (χ3n) is 3.34. The number of hydrogen-bond acceptors (Lipinski definition) is 3. The Morgan fingerprint density at radius 1 is 1.42 bits per heavy atom. The van der Waals surface area contributed by atoms with Gasteiger partial charge in [0.25, 0.3) is 0 Å². The lowest BCUT2D eigenvalue weighted by molar-refractivity contribution is -0.121. The van der Waals surface area contributed by atoms with Gasteiger partial charge in [-0.05, 0) is 39.4 Å². The zero-order valence-corrected chi connectivity index (χ0v) is 11.5. The van der Waals surface area contributed by atoms with E-state index in [1.54, 1.807) is 12.1 Å². The third-order valence-corrected chi connectivity index (χ3v) is 3.34. The Labute approximate surface area is 113 Å². The van der Waals surface area contributed by atoms with Crippen LogP contribution in [0.15, 0.2) is 24.3 Å². The molecule has 1 unspecified atom stereocenters. The second-order valence-electron chi connectivity index (χ2n) is 4.70. The molecule has 1 rings (SSSR count). The second kappa shape index (κ2) is 7.86. The Morgan fingerprint density at radius 2 is 2.11 bits per heavy atom. The van der Waals surface area contributed by atoms with Gasteiger partial charge in [-0.3, -0.25) is 15.1 Å². The summed E-state index contributed by atoms with van der Waals surface area (Å²) in [5.41, 5.74) is 2.81. The summed E-state index contributed by atoms with van der Waals surface area (Å²) in [5, 5.41) is 0. The molecular formula is C14H22FN3O. The maximum Gasteiger partial charge on any atom is 0.233 e. The molecule has 0 bridgehead atoms. The van der Waals surface area contributed by atoms with E-state index in [-0.39, 0.29) is 17.8 Å². The minimum atomic E-state index is -0.177. The van der Waals surface area contributed by atoms with Gasteiger partial charge in [-0.15, -0.1) is 0 Å². The van der Waals surface area contributed by atoms with Crippen molar-refractivity contribution in [2.24, 2.45) is 5.84 Å². The Balaban J connectivity index is 2.39. The number of halogens is 1. The molecule has 0 spiro atoms. The van der Waals surface area contributed by atoms with Gasteiger partial charge >= 0.3 is 0 Å². The lowest BCUT2D eigenvalue weighted by Gasteiger charge is -2.25. The number of hydrogen-bond donors (Lipinski definition) is 2. The number of nitrogens with two attached hydrogens (primary N) is 1. The average Bonchev–Trinajstić information content (AvgIpc) is 2.42. The highest BCUT2D eigenvalue weighted by molar-refractivity contribution is 5.75. The van der Waals surface area contributed by atoms with Crippen molar-refractivity contribution in [1.82, 2.24) is 10.3 Å². The Kier molecular flexibility index (Phi) is 6.45. The molecule has 0 heterocycles. The summed E-state index contributed by atoms with van der Waals surface area (Å²) in [4.78, 5) is 13.0. The molecule has 0 radical (unpaired) electrons. The topological polar surface area (TPSA) is 58.4 Å². The quantitative estimate of drug-likeness (QED) is 0.344. The summed E-state index contributed by atoms with van der Waals surface area (Å²) >= 11 is 0. The monoisotopic (exact) mass is 267 g/mol. The number of nitrogens with zero attached hydrogens (tertiary/aromatic N) is 1. The van der Waals surface area contributed by atoms with Crippen LogP contribution < -0.4 is 11.3 Å². The largest absolute Gasteiger partial charge is 0.300 e. The number of unbranched alkanes of at least 4 members (excludes halogenated alkanes) is 1. The maximum absolute atomic E-state index is 13.6. The highest BCUT2D eigenvalue weighted by Gasteiger charge is 2.14. The van der Waals surface area contributed by atoms with E-state index < -0.39 is 0 Å². The van der Waals surface area contributed by atoms with Gasteiger partial charge in [0.05, 0.1) is 0 Å². The Morgan fingerprint density at radius 3 is 2.74 bits per heavy atom. The van der Waals surface area contributed by atoms with Crippen molar-refractivity contribution in [1.29, 1.82) is 0 Å². The van der Waals surface area contributed by atoms with E-state index in [0.29, 0.717) is 12.0 Å². The molecular weight excluding hydrogens is 245 g/mol. The van der Waals surface area contributed by atoms with E-state index in [1.807, 2.05) is 20.0 Å².